The van der Waals surface area contributed by atoms with E-state index in [-0.39, 0.29) is 18.1 Å². The number of rotatable bonds is 8. The Bertz CT molecular complexity index is 1020. The smallest absolute Gasteiger partial charge is 0.312 e. The summed E-state index contributed by atoms with van der Waals surface area (Å²) in [6.07, 6.45) is 0.169. The van der Waals surface area contributed by atoms with Crippen LogP contribution in [0.15, 0.2) is 53.1 Å². The van der Waals surface area contributed by atoms with Crippen molar-refractivity contribution in [3.8, 4) is 0 Å². The number of para-hydroxylation sites is 1. The quantitative estimate of drug-likeness (QED) is 0.459. The van der Waals surface area contributed by atoms with Crippen molar-refractivity contribution in [1.29, 1.82) is 0 Å². The van der Waals surface area contributed by atoms with Gasteiger partial charge in [0.1, 0.15) is 5.69 Å². The zero-order valence-electron chi connectivity index (χ0n) is 16.3. The zero-order chi connectivity index (χ0) is 20.8. The average molecular weight is 394 g/mol. The number of anilines is 1. The molecule has 0 radical (unpaired) electrons. The van der Waals surface area contributed by atoms with Gasteiger partial charge in [-0.3, -0.25) is 14.4 Å². The predicted octanol–water partition coefficient (Wildman–Crippen LogP) is 3.92. The second-order valence-corrected chi connectivity index (χ2v) is 6.67. The van der Waals surface area contributed by atoms with Gasteiger partial charge in [-0.15, -0.1) is 0 Å². The third-order valence-electron chi connectivity index (χ3n) is 4.37. The van der Waals surface area contributed by atoms with Gasteiger partial charge in [-0.1, -0.05) is 24.2 Å². The van der Waals surface area contributed by atoms with Crippen LogP contribution in [0, 0.1) is 0 Å². The van der Waals surface area contributed by atoms with Crippen LogP contribution in [0.5, 0.6) is 0 Å². The number of aromatic nitrogens is 1. The number of amides is 1. The lowest BCUT2D eigenvalue weighted by Crippen LogP contribution is -2.25. The number of hydrogen-bond acceptors (Lipinski definition) is 6. The van der Waals surface area contributed by atoms with Crippen LogP contribution in [-0.2, 0) is 20.7 Å². The number of Topliss-reactive ketones (excluding diaryl/α,β-unsaturated/α-hetero) is 1. The lowest BCUT2D eigenvalue weighted by molar-refractivity contribution is -0.145. The van der Waals surface area contributed by atoms with Crippen LogP contribution in [0.2, 0.25) is 0 Å². The van der Waals surface area contributed by atoms with Crippen LogP contribution < -0.4 is 5.32 Å². The molecule has 0 aliphatic carbocycles. The van der Waals surface area contributed by atoms with Crippen molar-refractivity contribution in [2.75, 3.05) is 5.32 Å². The van der Waals surface area contributed by atoms with Gasteiger partial charge in [0.15, 0.2) is 11.7 Å². The normalized spacial score (nSPS) is 11.8. The molecule has 7 heteroatoms. The molecule has 1 atom stereocenters. The Morgan fingerprint density at radius 3 is 2.55 bits per heavy atom. The van der Waals surface area contributed by atoms with Gasteiger partial charge in [-0.25, -0.2) is 0 Å². The largest absolute Gasteiger partial charge is 0.454 e. The molecule has 0 saturated carbocycles. The average Bonchev–Trinajstić information content (AvgIpc) is 3.11. The van der Waals surface area contributed by atoms with Gasteiger partial charge in [0.25, 0.3) is 0 Å². The summed E-state index contributed by atoms with van der Waals surface area (Å²) in [5, 5.41) is 7.40. The maximum absolute atomic E-state index is 12.5. The Morgan fingerprint density at radius 1 is 1.10 bits per heavy atom. The molecule has 0 saturated heterocycles. The van der Waals surface area contributed by atoms with Crippen molar-refractivity contribution in [3.05, 3.63) is 59.8 Å². The number of esters is 1. The van der Waals surface area contributed by atoms with Gasteiger partial charge >= 0.3 is 5.97 Å². The van der Waals surface area contributed by atoms with Gasteiger partial charge in [0, 0.05) is 23.1 Å². The highest BCUT2D eigenvalue weighted by Crippen LogP contribution is 2.19. The third-order valence-corrected chi connectivity index (χ3v) is 4.37. The minimum absolute atomic E-state index is 0.0748. The maximum Gasteiger partial charge on any atom is 0.312 e. The molecule has 0 aliphatic heterocycles. The highest BCUT2D eigenvalue weighted by Gasteiger charge is 2.21. The number of carbonyl (C=O) groups is 3. The van der Waals surface area contributed by atoms with Gasteiger partial charge in [0.05, 0.1) is 6.42 Å². The maximum atomic E-state index is 12.5. The van der Waals surface area contributed by atoms with Gasteiger partial charge in [-0.2, -0.15) is 0 Å². The van der Waals surface area contributed by atoms with Crippen LogP contribution in [-0.4, -0.2) is 28.9 Å². The fourth-order valence-electron chi connectivity index (χ4n) is 2.90. The molecule has 150 valence electrons. The molecule has 0 unspecified atom stereocenters. The van der Waals surface area contributed by atoms with Gasteiger partial charge in [0.2, 0.25) is 11.7 Å². The van der Waals surface area contributed by atoms with E-state index in [1.54, 1.807) is 30.3 Å². The summed E-state index contributed by atoms with van der Waals surface area (Å²) in [5.41, 5.74) is 2.07. The first kappa shape index (κ1) is 20.3. The Labute approximate surface area is 168 Å². The van der Waals surface area contributed by atoms with E-state index in [1.165, 1.54) is 6.92 Å². The molecule has 2 aromatic carbocycles. The molecule has 3 aromatic rings. The molecule has 29 heavy (non-hydrogen) atoms. The highest BCUT2D eigenvalue weighted by molar-refractivity contribution is 6.01. The molecular formula is C22H22N2O5. The van der Waals surface area contributed by atoms with Crippen LogP contribution in [0.3, 0.4) is 0 Å². The molecule has 1 aromatic heterocycles. The summed E-state index contributed by atoms with van der Waals surface area (Å²) in [7, 11) is 0. The van der Waals surface area contributed by atoms with Crippen molar-refractivity contribution in [2.45, 2.75) is 39.2 Å². The fraction of sp³-hybridized carbons (Fsp3) is 0.273. The van der Waals surface area contributed by atoms with Crippen molar-refractivity contribution < 1.29 is 23.6 Å². The number of ketones is 1. The molecule has 0 bridgehead atoms. The molecule has 3 rings (SSSR count). The molecule has 7 nitrogen and oxygen atoms in total. The van der Waals surface area contributed by atoms with Crippen LogP contribution in [0.25, 0.3) is 11.0 Å². The summed E-state index contributed by atoms with van der Waals surface area (Å²) >= 11 is 0. The van der Waals surface area contributed by atoms with Crippen molar-refractivity contribution >= 4 is 34.3 Å². The first-order valence-corrected chi connectivity index (χ1v) is 9.45. The van der Waals surface area contributed by atoms with E-state index in [4.69, 9.17) is 9.26 Å². The van der Waals surface area contributed by atoms with Crippen LogP contribution >= 0.6 is 0 Å². The highest BCUT2D eigenvalue weighted by atomic mass is 16.5. The third kappa shape index (κ3) is 5.07. The van der Waals surface area contributed by atoms with E-state index in [2.05, 4.69) is 10.5 Å². The van der Waals surface area contributed by atoms with Crippen LogP contribution in [0.4, 0.5) is 5.69 Å². The van der Waals surface area contributed by atoms with E-state index >= 15 is 0 Å². The number of nitrogens with zero attached hydrogens (tertiary/aromatic N) is 1. The second-order valence-electron chi connectivity index (χ2n) is 6.67. The van der Waals surface area contributed by atoms with E-state index in [9.17, 15) is 14.4 Å². The topological polar surface area (TPSA) is 98.5 Å². The molecule has 1 heterocycles. The summed E-state index contributed by atoms with van der Waals surface area (Å²) in [6, 6.07) is 13.7. The fourth-order valence-corrected chi connectivity index (χ4v) is 2.90. The number of benzene rings is 2. The van der Waals surface area contributed by atoms with E-state index in [0.717, 1.165) is 11.8 Å². The Kier molecular flexibility index (Phi) is 6.39. The molecule has 0 spiro atoms. The van der Waals surface area contributed by atoms with Crippen LogP contribution in [0.1, 0.15) is 42.7 Å². The summed E-state index contributed by atoms with van der Waals surface area (Å²) in [4.78, 5) is 36.4. The number of hydrogen-bond donors (Lipinski definition) is 1. The van der Waals surface area contributed by atoms with Gasteiger partial charge in [-0.05, 0) is 49.7 Å². The van der Waals surface area contributed by atoms with E-state index in [1.807, 2.05) is 25.1 Å². The van der Waals surface area contributed by atoms with Crippen molar-refractivity contribution in [2.24, 2.45) is 0 Å². The minimum atomic E-state index is -0.943. The number of fused-ring (bicyclic) bond motifs is 1. The minimum Gasteiger partial charge on any atom is -0.454 e. The summed E-state index contributed by atoms with van der Waals surface area (Å²) in [5.74, 6) is -0.961. The van der Waals surface area contributed by atoms with Crippen molar-refractivity contribution in [3.63, 3.8) is 0 Å². The molecule has 1 amide bonds. The van der Waals surface area contributed by atoms with Crippen molar-refractivity contribution in [1.82, 2.24) is 5.16 Å². The number of ether oxygens (including phenoxy) is 1. The summed E-state index contributed by atoms with van der Waals surface area (Å²) < 4.78 is 10.4. The first-order valence-electron chi connectivity index (χ1n) is 9.45. The summed E-state index contributed by atoms with van der Waals surface area (Å²) in [6.45, 7) is 3.45. The lowest BCUT2D eigenvalue weighted by Gasteiger charge is -2.12. The molecule has 1 N–H and O–H groups in total. The van der Waals surface area contributed by atoms with E-state index in [0.29, 0.717) is 28.9 Å². The zero-order valence-corrected chi connectivity index (χ0v) is 16.3. The Balaban J connectivity index is 1.58. The predicted molar refractivity (Wildman–Crippen MR) is 108 cm³/mol. The first-order chi connectivity index (χ1) is 14.0. The molecule has 0 fully saturated rings. The standard InChI is InChI=1S/C22H22N2O5/c1-3-6-20(25)23-16-11-9-15(10-12-16)22(27)14(2)28-21(26)13-18-17-7-4-5-8-19(17)29-24-18/h4-5,7-12,14H,3,6,13H2,1-2H3,(H,23,25)/t14-/m1/s1. The monoisotopic (exact) mass is 394 g/mol. The molecule has 0 aliphatic rings. The SMILES string of the molecule is CCCC(=O)Nc1ccc(C(=O)[C@@H](C)OC(=O)Cc2noc3ccccc23)cc1. The number of nitrogens with one attached hydrogen (secondary N) is 1. The van der Waals surface area contributed by atoms with E-state index < -0.39 is 12.1 Å². The Hall–Kier alpha value is -3.48. The number of carbonyl (C=O) groups excluding carboxylic acids is 3. The molecular weight excluding hydrogens is 372 g/mol. The Morgan fingerprint density at radius 2 is 1.83 bits per heavy atom. The lowest BCUT2D eigenvalue weighted by atomic mass is 10.1. The second kappa shape index (κ2) is 9.14. The van der Waals surface area contributed by atoms with Gasteiger partial charge < -0.3 is 14.6 Å².